The van der Waals surface area contributed by atoms with Crippen LogP contribution in [0.5, 0.6) is 0 Å². The third-order valence-electron chi connectivity index (χ3n) is 6.29. The largest absolute Gasteiger partial charge is 0.344 e. The normalized spacial score (nSPS) is 20.6. The van der Waals surface area contributed by atoms with E-state index in [0.717, 1.165) is 35.5 Å². The Morgan fingerprint density at radius 1 is 1.13 bits per heavy atom. The summed E-state index contributed by atoms with van der Waals surface area (Å²) >= 11 is 3.39. The van der Waals surface area contributed by atoms with Gasteiger partial charge in [-0.05, 0) is 83.4 Å². The molecule has 1 aliphatic carbocycles. The number of nitrogens with one attached hydrogen (secondary N) is 2. The topological polar surface area (TPSA) is 70.4 Å². The summed E-state index contributed by atoms with van der Waals surface area (Å²) in [5.74, 6) is 1.07. The fourth-order valence-electron chi connectivity index (χ4n) is 4.52. The van der Waals surface area contributed by atoms with Crippen molar-refractivity contribution in [2.75, 3.05) is 0 Å². The summed E-state index contributed by atoms with van der Waals surface area (Å²) in [6.45, 7) is 4.24. The minimum Gasteiger partial charge on any atom is -0.344 e. The van der Waals surface area contributed by atoms with Crippen molar-refractivity contribution in [1.82, 2.24) is 15.8 Å². The van der Waals surface area contributed by atoms with E-state index in [9.17, 15) is 10.1 Å². The van der Waals surface area contributed by atoms with Gasteiger partial charge in [0.25, 0.3) is 5.69 Å². The number of fused-ring (bicyclic) bond motifs is 1. The Morgan fingerprint density at radius 2 is 1.87 bits per heavy atom. The summed E-state index contributed by atoms with van der Waals surface area (Å²) in [6, 6.07) is 15.8. The van der Waals surface area contributed by atoms with Gasteiger partial charge in [0.1, 0.15) is 5.82 Å². The lowest BCUT2D eigenvalue weighted by Crippen LogP contribution is -2.42. The van der Waals surface area contributed by atoms with E-state index in [-0.39, 0.29) is 16.7 Å². The van der Waals surface area contributed by atoms with E-state index >= 15 is 0 Å². The average molecular weight is 479 g/mol. The summed E-state index contributed by atoms with van der Waals surface area (Å²) in [5.41, 5.74) is 11.9. The van der Waals surface area contributed by atoms with Crippen LogP contribution in [0.15, 0.2) is 81.4 Å². The molecule has 1 fully saturated rings. The van der Waals surface area contributed by atoms with E-state index in [2.05, 4.69) is 69.8 Å². The molecule has 5 rings (SSSR count). The van der Waals surface area contributed by atoms with Crippen LogP contribution in [0.25, 0.3) is 5.57 Å². The smallest absolute Gasteiger partial charge is 0.283 e. The summed E-state index contributed by atoms with van der Waals surface area (Å²) in [5, 5.41) is 17.1. The lowest BCUT2D eigenvalue weighted by atomic mass is 9.85. The van der Waals surface area contributed by atoms with Crippen molar-refractivity contribution < 1.29 is 4.92 Å². The standard InChI is InChI=1S/C24H23BrN4O2/c1-14-22(16-7-4-3-5-8-16)27-28-23(17-9-6-10-17)21(15(2)26-24(14)28)18-11-12-20(29(30)31)19(25)13-18/h3-5,7-8,11-13,22,26-27H,6,9-10H2,1-2H3. The van der Waals surface area contributed by atoms with E-state index in [1.165, 1.54) is 28.8 Å². The molecular weight excluding hydrogens is 456 g/mol. The molecule has 2 aromatic rings. The maximum Gasteiger partial charge on any atom is 0.283 e. The average Bonchev–Trinajstić information content (AvgIpc) is 3.03. The summed E-state index contributed by atoms with van der Waals surface area (Å²) in [6.07, 6.45) is 3.33. The van der Waals surface area contributed by atoms with Crippen LogP contribution in [-0.2, 0) is 0 Å². The van der Waals surface area contributed by atoms with Gasteiger partial charge in [0.2, 0.25) is 0 Å². The maximum absolute atomic E-state index is 11.3. The lowest BCUT2D eigenvalue weighted by Gasteiger charge is -2.38. The first kappa shape index (κ1) is 20.0. The van der Waals surface area contributed by atoms with Gasteiger partial charge in [-0.3, -0.25) is 15.1 Å². The Hall–Kier alpha value is -2.90. The van der Waals surface area contributed by atoms with E-state index in [1.807, 2.05) is 18.2 Å². The predicted octanol–water partition coefficient (Wildman–Crippen LogP) is 5.92. The molecular formula is C24H23BrN4O2. The number of allylic oxidation sites excluding steroid dienone is 3. The fourth-order valence-corrected chi connectivity index (χ4v) is 5.05. The molecule has 0 bridgehead atoms. The molecule has 1 saturated carbocycles. The van der Waals surface area contributed by atoms with Gasteiger partial charge in [-0.1, -0.05) is 30.3 Å². The van der Waals surface area contributed by atoms with Gasteiger partial charge in [0.05, 0.1) is 21.1 Å². The Balaban J connectivity index is 1.61. The molecule has 7 heteroatoms. The van der Waals surface area contributed by atoms with Gasteiger partial charge in [0, 0.05) is 17.3 Å². The highest BCUT2D eigenvalue weighted by molar-refractivity contribution is 9.10. The van der Waals surface area contributed by atoms with Crippen molar-refractivity contribution in [3.8, 4) is 0 Å². The molecule has 0 saturated heterocycles. The van der Waals surface area contributed by atoms with Gasteiger partial charge >= 0.3 is 0 Å². The molecule has 2 N–H and O–H groups in total. The van der Waals surface area contributed by atoms with Gasteiger partial charge in [-0.2, -0.15) is 0 Å². The third-order valence-corrected chi connectivity index (χ3v) is 6.92. The second kappa shape index (κ2) is 7.66. The molecule has 3 aliphatic rings. The number of nitrogens with zero attached hydrogens (tertiary/aromatic N) is 2. The highest BCUT2D eigenvalue weighted by atomic mass is 79.9. The van der Waals surface area contributed by atoms with Gasteiger partial charge in [-0.15, -0.1) is 0 Å². The maximum atomic E-state index is 11.3. The Kier molecular flexibility index (Phi) is 4.95. The van der Waals surface area contributed by atoms with Crippen LogP contribution in [-0.4, -0.2) is 9.93 Å². The molecule has 0 radical (unpaired) electrons. The Morgan fingerprint density at radius 3 is 2.48 bits per heavy atom. The molecule has 0 aromatic heterocycles. The summed E-state index contributed by atoms with van der Waals surface area (Å²) in [7, 11) is 0. The number of nitro benzene ring substituents is 1. The van der Waals surface area contributed by atoms with Gasteiger partial charge in [0.15, 0.2) is 0 Å². The SMILES string of the molecule is CC1=C(c2ccc([N+](=O)[O-])c(Br)c2)C(=C2CCC2)N2NC(c3ccccc3)C(C)=C2N1. The minimum atomic E-state index is -0.365. The van der Waals surface area contributed by atoms with Crippen molar-refractivity contribution in [3.63, 3.8) is 0 Å². The van der Waals surface area contributed by atoms with Crippen LogP contribution in [0.1, 0.15) is 50.3 Å². The van der Waals surface area contributed by atoms with Crippen LogP contribution >= 0.6 is 15.9 Å². The van der Waals surface area contributed by atoms with Crippen molar-refractivity contribution in [3.05, 3.63) is 103 Å². The first-order valence-electron chi connectivity index (χ1n) is 10.4. The zero-order valence-corrected chi connectivity index (χ0v) is 19.0. The number of rotatable bonds is 3. The molecule has 6 nitrogen and oxygen atoms in total. The van der Waals surface area contributed by atoms with E-state index in [0.29, 0.717) is 4.47 Å². The number of halogens is 1. The first-order valence-corrected chi connectivity index (χ1v) is 11.2. The molecule has 2 heterocycles. The van der Waals surface area contributed by atoms with Crippen molar-refractivity contribution in [2.24, 2.45) is 0 Å². The fraction of sp³-hybridized carbons (Fsp3) is 0.250. The zero-order chi connectivity index (χ0) is 21.7. The summed E-state index contributed by atoms with van der Waals surface area (Å²) in [4.78, 5) is 10.9. The van der Waals surface area contributed by atoms with Crippen LogP contribution in [0, 0.1) is 10.1 Å². The second-order valence-corrected chi connectivity index (χ2v) is 9.05. The zero-order valence-electron chi connectivity index (χ0n) is 17.4. The molecule has 0 spiro atoms. The van der Waals surface area contributed by atoms with Crippen LogP contribution < -0.4 is 10.7 Å². The molecule has 158 valence electrons. The third kappa shape index (κ3) is 3.28. The van der Waals surface area contributed by atoms with E-state index in [1.54, 1.807) is 6.07 Å². The number of hydrogen-bond acceptors (Lipinski definition) is 5. The van der Waals surface area contributed by atoms with E-state index in [4.69, 9.17) is 0 Å². The second-order valence-electron chi connectivity index (χ2n) is 8.19. The molecule has 0 amide bonds. The Bertz CT molecular complexity index is 1180. The molecule has 31 heavy (non-hydrogen) atoms. The first-order chi connectivity index (χ1) is 15.0. The minimum absolute atomic E-state index is 0.0727. The number of nitro groups is 1. The monoisotopic (exact) mass is 478 g/mol. The Labute approximate surface area is 189 Å². The quantitative estimate of drug-likeness (QED) is 0.422. The summed E-state index contributed by atoms with van der Waals surface area (Å²) < 4.78 is 0.488. The highest BCUT2D eigenvalue weighted by Gasteiger charge is 2.39. The van der Waals surface area contributed by atoms with Crippen LogP contribution in [0.3, 0.4) is 0 Å². The predicted molar refractivity (Wildman–Crippen MR) is 124 cm³/mol. The lowest BCUT2D eigenvalue weighted by molar-refractivity contribution is -0.385. The molecule has 2 aromatic carbocycles. The highest BCUT2D eigenvalue weighted by Crippen LogP contribution is 2.46. The number of hydrogen-bond donors (Lipinski definition) is 2. The number of hydrazine groups is 1. The molecule has 1 unspecified atom stereocenters. The van der Waals surface area contributed by atoms with E-state index < -0.39 is 0 Å². The molecule has 2 aliphatic heterocycles. The number of benzene rings is 2. The van der Waals surface area contributed by atoms with Crippen LogP contribution in [0.4, 0.5) is 5.69 Å². The van der Waals surface area contributed by atoms with Gasteiger partial charge in [-0.25, -0.2) is 5.43 Å². The van der Waals surface area contributed by atoms with Crippen LogP contribution in [0.2, 0.25) is 0 Å². The van der Waals surface area contributed by atoms with Crippen molar-refractivity contribution in [2.45, 2.75) is 39.2 Å². The van der Waals surface area contributed by atoms with Crippen molar-refractivity contribution in [1.29, 1.82) is 0 Å². The van der Waals surface area contributed by atoms with Gasteiger partial charge < -0.3 is 5.32 Å². The van der Waals surface area contributed by atoms with Crippen molar-refractivity contribution >= 4 is 27.2 Å². The molecule has 1 atom stereocenters.